The minimum absolute atomic E-state index is 0.702. The lowest BCUT2D eigenvalue weighted by molar-refractivity contribution is 0.638. The van der Waals surface area contributed by atoms with Crippen molar-refractivity contribution in [3.05, 3.63) is 53.9 Å². The first-order chi connectivity index (χ1) is 9.33. The standard InChI is InChI=1S/C14H13ClN4/c15-11-2-3-12-13(4-6-16-14(12)10-11)17-7-9-19-8-1-5-18-19/h1-6,8,10H,7,9H2,(H,16,17). The van der Waals surface area contributed by atoms with Crippen LogP contribution in [0.4, 0.5) is 5.69 Å². The predicted molar refractivity (Wildman–Crippen MR) is 77.5 cm³/mol. The molecule has 0 unspecified atom stereocenters. The van der Waals surface area contributed by atoms with Crippen molar-refractivity contribution < 1.29 is 0 Å². The van der Waals surface area contributed by atoms with Gasteiger partial charge in [0.1, 0.15) is 0 Å². The van der Waals surface area contributed by atoms with Crippen LogP contribution in [0.5, 0.6) is 0 Å². The molecule has 3 rings (SSSR count). The summed E-state index contributed by atoms with van der Waals surface area (Å²) < 4.78 is 1.90. The molecular weight excluding hydrogens is 260 g/mol. The van der Waals surface area contributed by atoms with Crippen molar-refractivity contribution in [2.24, 2.45) is 0 Å². The molecule has 0 aliphatic heterocycles. The molecule has 0 aliphatic rings. The minimum Gasteiger partial charge on any atom is -0.383 e. The van der Waals surface area contributed by atoms with Gasteiger partial charge in [-0.05, 0) is 30.3 Å². The number of anilines is 1. The van der Waals surface area contributed by atoms with Gasteiger partial charge in [0, 0.05) is 41.2 Å². The second-order valence-corrected chi connectivity index (χ2v) is 4.65. The summed E-state index contributed by atoms with van der Waals surface area (Å²) in [6, 6.07) is 9.63. The van der Waals surface area contributed by atoms with E-state index in [1.54, 1.807) is 12.4 Å². The highest BCUT2D eigenvalue weighted by molar-refractivity contribution is 6.31. The Morgan fingerprint density at radius 1 is 1.21 bits per heavy atom. The first-order valence-electron chi connectivity index (χ1n) is 6.08. The average molecular weight is 273 g/mol. The monoisotopic (exact) mass is 272 g/mol. The maximum Gasteiger partial charge on any atom is 0.0737 e. The molecule has 0 radical (unpaired) electrons. The van der Waals surface area contributed by atoms with E-state index in [2.05, 4.69) is 15.4 Å². The topological polar surface area (TPSA) is 42.7 Å². The van der Waals surface area contributed by atoms with Crippen LogP contribution in [0.25, 0.3) is 10.9 Å². The molecule has 1 N–H and O–H groups in total. The molecular formula is C14H13ClN4. The first-order valence-corrected chi connectivity index (χ1v) is 6.46. The number of nitrogens with one attached hydrogen (secondary N) is 1. The van der Waals surface area contributed by atoms with Gasteiger partial charge < -0.3 is 5.32 Å². The molecule has 0 spiro atoms. The van der Waals surface area contributed by atoms with Crippen LogP contribution < -0.4 is 5.32 Å². The third kappa shape index (κ3) is 2.69. The predicted octanol–water partition coefficient (Wildman–Crippen LogP) is 3.20. The van der Waals surface area contributed by atoms with Crippen LogP contribution in [0.1, 0.15) is 0 Å². The Balaban J connectivity index is 1.77. The molecule has 0 saturated heterocycles. The van der Waals surface area contributed by atoms with Crippen molar-refractivity contribution in [3.63, 3.8) is 0 Å². The fourth-order valence-electron chi connectivity index (χ4n) is 2.01. The van der Waals surface area contributed by atoms with Crippen LogP contribution in [0.2, 0.25) is 5.02 Å². The fourth-order valence-corrected chi connectivity index (χ4v) is 2.18. The number of aromatic nitrogens is 3. The SMILES string of the molecule is Clc1ccc2c(NCCn3cccn3)ccnc2c1. The Morgan fingerprint density at radius 2 is 2.16 bits per heavy atom. The second-order valence-electron chi connectivity index (χ2n) is 4.22. The van der Waals surface area contributed by atoms with Gasteiger partial charge in [0.25, 0.3) is 0 Å². The van der Waals surface area contributed by atoms with Crippen LogP contribution in [0, 0.1) is 0 Å². The number of pyridine rings is 1. The van der Waals surface area contributed by atoms with E-state index in [0.29, 0.717) is 5.02 Å². The van der Waals surface area contributed by atoms with E-state index in [-0.39, 0.29) is 0 Å². The third-order valence-electron chi connectivity index (χ3n) is 2.92. The van der Waals surface area contributed by atoms with Crippen LogP contribution in [0.15, 0.2) is 48.9 Å². The summed E-state index contributed by atoms with van der Waals surface area (Å²) >= 11 is 5.97. The Morgan fingerprint density at radius 3 is 3.00 bits per heavy atom. The number of hydrogen-bond donors (Lipinski definition) is 1. The van der Waals surface area contributed by atoms with E-state index in [9.17, 15) is 0 Å². The lowest BCUT2D eigenvalue weighted by atomic mass is 10.2. The zero-order valence-electron chi connectivity index (χ0n) is 10.3. The fraction of sp³-hybridized carbons (Fsp3) is 0.143. The maximum atomic E-state index is 5.97. The molecule has 96 valence electrons. The molecule has 3 aromatic rings. The summed E-state index contributed by atoms with van der Waals surface area (Å²) in [7, 11) is 0. The Labute approximate surface area is 116 Å². The lowest BCUT2D eigenvalue weighted by Crippen LogP contribution is -2.11. The molecule has 1 aromatic carbocycles. The number of rotatable bonds is 4. The van der Waals surface area contributed by atoms with Gasteiger partial charge in [0.05, 0.1) is 12.1 Å². The van der Waals surface area contributed by atoms with Gasteiger partial charge in [-0.2, -0.15) is 5.10 Å². The van der Waals surface area contributed by atoms with Crippen molar-refractivity contribution >= 4 is 28.2 Å². The summed E-state index contributed by atoms with van der Waals surface area (Å²) in [4.78, 5) is 4.32. The molecule has 19 heavy (non-hydrogen) atoms. The zero-order valence-corrected chi connectivity index (χ0v) is 11.0. The molecule has 0 bridgehead atoms. The first kappa shape index (κ1) is 12.0. The molecule has 0 atom stereocenters. The molecule has 0 fully saturated rings. The van der Waals surface area contributed by atoms with E-state index in [1.807, 2.05) is 41.2 Å². The molecule has 2 aromatic heterocycles. The van der Waals surface area contributed by atoms with Crippen LogP contribution in [-0.4, -0.2) is 21.3 Å². The summed E-state index contributed by atoms with van der Waals surface area (Å²) in [6.45, 7) is 1.63. The molecule has 0 amide bonds. The smallest absolute Gasteiger partial charge is 0.0737 e. The largest absolute Gasteiger partial charge is 0.383 e. The number of fused-ring (bicyclic) bond motifs is 1. The number of benzene rings is 1. The summed E-state index contributed by atoms with van der Waals surface area (Å²) in [5.74, 6) is 0. The van der Waals surface area contributed by atoms with E-state index in [1.165, 1.54) is 0 Å². The van der Waals surface area contributed by atoms with Crippen molar-refractivity contribution in [1.82, 2.24) is 14.8 Å². The zero-order chi connectivity index (χ0) is 13.1. The van der Waals surface area contributed by atoms with Crippen LogP contribution >= 0.6 is 11.6 Å². The van der Waals surface area contributed by atoms with Crippen molar-refractivity contribution in [1.29, 1.82) is 0 Å². The van der Waals surface area contributed by atoms with Crippen molar-refractivity contribution in [2.75, 3.05) is 11.9 Å². The van der Waals surface area contributed by atoms with Gasteiger partial charge in [0.15, 0.2) is 0 Å². The van der Waals surface area contributed by atoms with E-state index in [0.717, 1.165) is 29.7 Å². The number of nitrogens with zero attached hydrogens (tertiary/aromatic N) is 3. The summed E-state index contributed by atoms with van der Waals surface area (Å²) in [6.07, 6.45) is 5.52. The van der Waals surface area contributed by atoms with E-state index in [4.69, 9.17) is 11.6 Å². The van der Waals surface area contributed by atoms with Gasteiger partial charge in [-0.3, -0.25) is 9.67 Å². The average Bonchev–Trinajstić information content (AvgIpc) is 2.92. The highest BCUT2D eigenvalue weighted by Gasteiger charge is 2.02. The molecule has 5 heteroatoms. The van der Waals surface area contributed by atoms with Gasteiger partial charge in [0.2, 0.25) is 0 Å². The Bertz CT molecular complexity index is 679. The van der Waals surface area contributed by atoms with Gasteiger partial charge in [-0.15, -0.1) is 0 Å². The van der Waals surface area contributed by atoms with E-state index < -0.39 is 0 Å². The molecule has 0 aliphatic carbocycles. The number of halogens is 1. The molecule has 4 nitrogen and oxygen atoms in total. The van der Waals surface area contributed by atoms with Gasteiger partial charge in [-0.25, -0.2) is 0 Å². The minimum atomic E-state index is 0.702. The molecule has 0 saturated carbocycles. The van der Waals surface area contributed by atoms with Gasteiger partial charge >= 0.3 is 0 Å². The normalized spacial score (nSPS) is 10.8. The Kier molecular flexibility index (Phi) is 3.33. The van der Waals surface area contributed by atoms with Crippen molar-refractivity contribution in [2.45, 2.75) is 6.54 Å². The quantitative estimate of drug-likeness (QED) is 0.793. The Hall–Kier alpha value is -2.07. The summed E-state index contributed by atoms with van der Waals surface area (Å²) in [5, 5.41) is 9.35. The molecule has 2 heterocycles. The highest BCUT2D eigenvalue weighted by Crippen LogP contribution is 2.24. The second kappa shape index (κ2) is 5.28. The van der Waals surface area contributed by atoms with Gasteiger partial charge in [-0.1, -0.05) is 11.6 Å². The van der Waals surface area contributed by atoms with Crippen LogP contribution in [-0.2, 0) is 6.54 Å². The lowest BCUT2D eigenvalue weighted by Gasteiger charge is -2.09. The van der Waals surface area contributed by atoms with E-state index >= 15 is 0 Å². The van der Waals surface area contributed by atoms with Crippen LogP contribution in [0.3, 0.4) is 0 Å². The van der Waals surface area contributed by atoms with Crippen molar-refractivity contribution in [3.8, 4) is 0 Å². The third-order valence-corrected chi connectivity index (χ3v) is 3.16. The summed E-state index contributed by atoms with van der Waals surface area (Å²) in [5.41, 5.74) is 1.96. The maximum absolute atomic E-state index is 5.97. The number of hydrogen-bond acceptors (Lipinski definition) is 3. The highest BCUT2D eigenvalue weighted by atomic mass is 35.5.